The van der Waals surface area contributed by atoms with Gasteiger partial charge in [-0.05, 0) is 18.2 Å². The molecule has 3 nitrogen and oxygen atoms in total. The van der Waals surface area contributed by atoms with E-state index in [0.29, 0.717) is 12.2 Å². The van der Waals surface area contributed by atoms with Crippen LogP contribution in [0.3, 0.4) is 0 Å². The predicted molar refractivity (Wildman–Crippen MR) is 68.6 cm³/mol. The first kappa shape index (κ1) is 13.8. The van der Waals surface area contributed by atoms with Crippen molar-refractivity contribution in [1.29, 1.82) is 0 Å². The number of ether oxygens (including phenoxy) is 1. The van der Waals surface area contributed by atoms with Gasteiger partial charge in [-0.1, -0.05) is 13.0 Å². The standard InChI is InChI=1S/C13H16O3S/c1-3-10(14)7-11(15)9-17-13-6-4-5-12(8-13)16-2/h4-6,8H,3,7,9H2,1-2H3. The molecule has 0 fully saturated rings. The fraction of sp³-hybridized carbons (Fsp3) is 0.385. The van der Waals surface area contributed by atoms with Gasteiger partial charge in [0.1, 0.15) is 17.3 Å². The number of methoxy groups -OCH3 is 1. The molecule has 0 atom stereocenters. The van der Waals surface area contributed by atoms with Gasteiger partial charge in [-0.25, -0.2) is 0 Å². The second-order valence-electron chi connectivity index (χ2n) is 3.58. The van der Waals surface area contributed by atoms with E-state index in [1.807, 2.05) is 24.3 Å². The molecular weight excluding hydrogens is 236 g/mol. The van der Waals surface area contributed by atoms with Crippen molar-refractivity contribution in [1.82, 2.24) is 0 Å². The monoisotopic (exact) mass is 252 g/mol. The SMILES string of the molecule is CCC(=O)CC(=O)CSc1cccc(OC)c1. The van der Waals surface area contributed by atoms with Crippen molar-refractivity contribution in [2.75, 3.05) is 12.9 Å². The summed E-state index contributed by atoms with van der Waals surface area (Å²) in [6.07, 6.45) is 0.475. The zero-order chi connectivity index (χ0) is 12.7. The maximum Gasteiger partial charge on any atom is 0.150 e. The summed E-state index contributed by atoms with van der Waals surface area (Å²) in [5, 5.41) is 0. The number of Topliss-reactive ketones (excluding diaryl/α,β-unsaturated/α-hetero) is 2. The van der Waals surface area contributed by atoms with Gasteiger partial charge in [-0.2, -0.15) is 0 Å². The lowest BCUT2D eigenvalue weighted by atomic mass is 10.2. The van der Waals surface area contributed by atoms with Crippen LogP contribution in [-0.4, -0.2) is 24.4 Å². The van der Waals surface area contributed by atoms with Crippen molar-refractivity contribution in [2.24, 2.45) is 0 Å². The van der Waals surface area contributed by atoms with Gasteiger partial charge in [0.05, 0.1) is 19.3 Å². The fourth-order valence-electron chi connectivity index (χ4n) is 1.25. The van der Waals surface area contributed by atoms with Crippen molar-refractivity contribution >= 4 is 23.3 Å². The Morgan fingerprint density at radius 2 is 2.06 bits per heavy atom. The summed E-state index contributed by atoms with van der Waals surface area (Å²) in [5.41, 5.74) is 0. The average molecular weight is 252 g/mol. The summed E-state index contributed by atoms with van der Waals surface area (Å²) in [6.45, 7) is 1.77. The number of ketones is 2. The quantitative estimate of drug-likeness (QED) is 0.553. The van der Waals surface area contributed by atoms with Gasteiger partial charge in [-0.3, -0.25) is 9.59 Å². The molecule has 92 valence electrons. The number of benzene rings is 1. The smallest absolute Gasteiger partial charge is 0.150 e. The Labute approximate surface area is 106 Å². The molecule has 0 amide bonds. The number of carbonyl (C=O) groups is 2. The van der Waals surface area contributed by atoms with E-state index in [9.17, 15) is 9.59 Å². The van der Waals surface area contributed by atoms with Crippen LogP contribution in [0.5, 0.6) is 5.75 Å². The van der Waals surface area contributed by atoms with Gasteiger partial charge in [0, 0.05) is 11.3 Å². The molecule has 17 heavy (non-hydrogen) atoms. The number of thioether (sulfide) groups is 1. The summed E-state index contributed by atoms with van der Waals surface area (Å²) in [4.78, 5) is 23.5. The van der Waals surface area contributed by atoms with Gasteiger partial charge in [-0.15, -0.1) is 11.8 Å². The summed E-state index contributed by atoms with van der Waals surface area (Å²) < 4.78 is 5.09. The van der Waals surface area contributed by atoms with Crippen LogP contribution >= 0.6 is 11.8 Å². The van der Waals surface area contributed by atoms with Crippen LogP contribution in [0.2, 0.25) is 0 Å². The molecule has 1 aromatic carbocycles. The molecule has 0 aliphatic heterocycles. The molecule has 0 unspecified atom stereocenters. The number of hydrogen-bond acceptors (Lipinski definition) is 4. The highest BCUT2D eigenvalue weighted by Gasteiger charge is 2.08. The molecule has 0 radical (unpaired) electrons. The summed E-state index contributed by atoms with van der Waals surface area (Å²) in [6, 6.07) is 7.52. The topological polar surface area (TPSA) is 43.4 Å². The lowest BCUT2D eigenvalue weighted by Gasteiger charge is -2.03. The first-order valence-corrected chi connectivity index (χ1v) is 6.44. The minimum absolute atomic E-state index is 0.00115. The number of carbonyl (C=O) groups excluding carboxylic acids is 2. The first-order valence-electron chi connectivity index (χ1n) is 5.46. The highest BCUT2D eigenvalue weighted by Crippen LogP contribution is 2.22. The van der Waals surface area contributed by atoms with E-state index in [4.69, 9.17) is 4.74 Å². The van der Waals surface area contributed by atoms with Crippen LogP contribution in [-0.2, 0) is 9.59 Å². The summed E-state index contributed by atoms with van der Waals surface area (Å²) in [5.74, 6) is 1.08. The largest absolute Gasteiger partial charge is 0.497 e. The zero-order valence-corrected chi connectivity index (χ0v) is 10.9. The van der Waals surface area contributed by atoms with Crippen molar-refractivity contribution in [3.8, 4) is 5.75 Å². The van der Waals surface area contributed by atoms with E-state index < -0.39 is 0 Å². The zero-order valence-electron chi connectivity index (χ0n) is 10.1. The molecule has 0 aromatic heterocycles. The third-order valence-electron chi connectivity index (χ3n) is 2.23. The summed E-state index contributed by atoms with van der Waals surface area (Å²) in [7, 11) is 1.61. The molecule has 1 rings (SSSR count). The minimum atomic E-state index is -0.0235. The Hall–Kier alpha value is -1.29. The highest BCUT2D eigenvalue weighted by atomic mass is 32.2. The van der Waals surface area contributed by atoms with Gasteiger partial charge in [0.15, 0.2) is 0 Å². The molecule has 0 heterocycles. The lowest BCUT2D eigenvalue weighted by molar-refractivity contribution is -0.125. The second-order valence-corrected chi connectivity index (χ2v) is 4.62. The average Bonchev–Trinajstić information content (AvgIpc) is 2.36. The Morgan fingerprint density at radius 3 is 2.71 bits per heavy atom. The Kier molecular flexibility index (Phi) is 5.77. The Bertz CT molecular complexity index is 401. The maximum atomic E-state index is 11.5. The van der Waals surface area contributed by atoms with E-state index in [2.05, 4.69) is 0 Å². The summed E-state index contributed by atoms with van der Waals surface area (Å²) >= 11 is 1.43. The highest BCUT2D eigenvalue weighted by molar-refractivity contribution is 8.00. The first-order chi connectivity index (χ1) is 8.15. The van der Waals surface area contributed by atoms with Crippen LogP contribution in [0.25, 0.3) is 0 Å². The van der Waals surface area contributed by atoms with Crippen LogP contribution < -0.4 is 4.74 Å². The Balaban J connectivity index is 2.44. The molecule has 0 spiro atoms. The van der Waals surface area contributed by atoms with E-state index in [1.54, 1.807) is 14.0 Å². The van der Waals surface area contributed by atoms with Crippen LogP contribution in [0, 0.1) is 0 Å². The third-order valence-corrected chi connectivity index (χ3v) is 3.28. The van der Waals surface area contributed by atoms with E-state index in [1.165, 1.54) is 11.8 Å². The molecule has 0 saturated heterocycles. The van der Waals surface area contributed by atoms with E-state index in [0.717, 1.165) is 10.6 Å². The maximum absolute atomic E-state index is 11.5. The van der Waals surface area contributed by atoms with Crippen LogP contribution in [0.1, 0.15) is 19.8 Å². The Morgan fingerprint density at radius 1 is 1.29 bits per heavy atom. The molecule has 0 N–H and O–H groups in total. The lowest BCUT2D eigenvalue weighted by Crippen LogP contribution is -2.08. The number of hydrogen-bond donors (Lipinski definition) is 0. The van der Waals surface area contributed by atoms with Crippen LogP contribution in [0.15, 0.2) is 29.2 Å². The normalized spacial score (nSPS) is 10.0. The molecule has 1 aromatic rings. The second kappa shape index (κ2) is 7.12. The van der Waals surface area contributed by atoms with E-state index in [-0.39, 0.29) is 18.0 Å². The predicted octanol–water partition coefficient (Wildman–Crippen LogP) is 2.73. The van der Waals surface area contributed by atoms with Crippen molar-refractivity contribution < 1.29 is 14.3 Å². The molecule has 0 aliphatic rings. The van der Waals surface area contributed by atoms with Gasteiger partial charge in [0.2, 0.25) is 0 Å². The molecular formula is C13H16O3S. The minimum Gasteiger partial charge on any atom is -0.497 e. The molecule has 0 saturated carbocycles. The molecule has 0 aliphatic carbocycles. The van der Waals surface area contributed by atoms with Gasteiger partial charge in [0.25, 0.3) is 0 Å². The van der Waals surface area contributed by atoms with Crippen molar-refractivity contribution in [3.63, 3.8) is 0 Å². The van der Waals surface area contributed by atoms with Crippen LogP contribution in [0.4, 0.5) is 0 Å². The van der Waals surface area contributed by atoms with E-state index >= 15 is 0 Å². The van der Waals surface area contributed by atoms with Gasteiger partial charge >= 0.3 is 0 Å². The van der Waals surface area contributed by atoms with Crippen molar-refractivity contribution in [2.45, 2.75) is 24.7 Å². The molecule has 0 bridgehead atoms. The van der Waals surface area contributed by atoms with Gasteiger partial charge < -0.3 is 4.74 Å². The molecule has 4 heteroatoms. The number of rotatable bonds is 7. The third kappa shape index (κ3) is 5.04. The van der Waals surface area contributed by atoms with Crippen molar-refractivity contribution in [3.05, 3.63) is 24.3 Å². The fourth-order valence-corrected chi connectivity index (χ4v) is 2.05.